The first-order chi connectivity index (χ1) is 9.45. The highest BCUT2D eigenvalue weighted by atomic mass is 19.1. The van der Waals surface area contributed by atoms with E-state index in [-0.39, 0.29) is 17.6 Å². The maximum atomic E-state index is 12.8. The Kier molecular flexibility index (Phi) is 3.98. The molecule has 1 amide bonds. The topological polar surface area (TPSA) is 68.0 Å². The van der Waals surface area contributed by atoms with Crippen molar-refractivity contribution in [1.29, 1.82) is 0 Å². The third-order valence-electron chi connectivity index (χ3n) is 2.82. The number of nitrogen functional groups attached to an aromatic ring is 1. The fraction of sp³-hybridized carbons (Fsp3) is 0.200. The summed E-state index contributed by atoms with van der Waals surface area (Å²) in [5, 5.41) is 2.69. The zero-order chi connectivity index (χ0) is 14.7. The molecule has 104 valence electrons. The van der Waals surface area contributed by atoms with Crippen molar-refractivity contribution in [3.8, 4) is 0 Å². The molecule has 4 nitrogen and oxygen atoms in total. The Balaban J connectivity index is 2.22. The van der Waals surface area contributed by atoms with Crippen LogP contribution in [0.3, 0.4) is 0 Å². The molecule has 20 heavy (non-hydrogen) atoms. The third-order valence-corrected chi connectivity index (χ3v) is 2.82. The van der Waals surface area contributed by atoms with Gasteiger partial charge in [-0.05, 0) is 42.3 Å². The monoisotopic (exact) mass is 273 g/mol. The summed E-state index contributed by atoms with van der Waals surface area (Å²) in [6.07, 6.45) is 0. The van der Waals surface area contributed by atoms with Crippen LogP contribution >= 0.6 is 0 Å². The highest BCUT2D eigenvalue weighted by Gasteiger charge is 2.11. The molecular formula is C15H16FN3O. The summed E-state index contributed by atoms with van der Waals surface area (Å²) in [6.45, 7) is 3.95. The number of benzene rings is 1. The zero-order valence-electron chi connectivity index (χ0n) is 11.4. The van der Waals surface area contributed by atoms with E-state index in [9.17, 15) is 9.18 Å². The summed E-state index contributed by atoms with van der Waals surface area (Å²) in [4.78, 5) is 16.3. The predicted molar refractivity (Wildman–Crippen MR) is 77.1 cm³/mol. The van der Waals surface area contributed by atoms with Crippen molar-refractivity contribution in [3.63, 3.8) is 0 Å². The number of carbonyl (C=O) groups is 1. The summed E-state index contributed by atoms with van der Waals surface area (Å²) in [5.41, 5.74) is 7.43. The summed E-state index contributed by atoms with van der Waals surface area (Å²) < 4.78 is 12.8. The van der Waals surface area contributed by atoms with Crippen molar-refractivity contribution in [2.75, 3.05) is 11.1 Å². The minimum absolute atomic E-state index is 0.177. The molecule has 0 atom stereocenters. The first-order valence-corrected chi connectivity index (χ1v) is 6.30. The molecule has 1 aromatic heterocycles. The van der Waals surface area contributed by atoms with Crippen LogP contribution in [0.2, 0.25) is 0 Å². The molecule has 0 bridgehead atoms. The zero-order valence-corrected chi connectivity index (χ0v) is 11.4. The maximum absolute atomic E-state index is 12.8. The normalized spacial score (nSPS) is 10.6. The van der Waals surface area contributed by atoms with Gasteiger partial charge in [0.1, 0.15) is 11.6 Å². The van der Waals surface area contributed by atoms with E-state index in [2.05, 4.69) is 10.3 Å². The van der Waals surface area contributed by atoms with Gasteiger partial charge in [-0.25, -0.2) is 9.37 Å². The fourth-order valence-electron chi connectivity index (χ4n) is 1.74. The Morgan fingerprint density at radius 2 is 1.90 bits per heavy atom. The van der Waals surface area contributed by atoms with Crippen molar-refractivity contribution < 1.29 is 9.18 Å². The average Bonchev–Trinajstić information content (AvgIpc) is 2.40. The maximum Gasteiger partial charge on any atom is 0.255 e. The molecule has 2 rings (SSSR count). The van der Waals surface area contributed by atoms with E-state index in [1.807, 2.05) is 13.8 Å². The Morgan fingerprint density at radius 3 is 2.50 bits per heavy atom. The van der Waals surface area contributed by atoms with Crippen molar-refractivity contribution >= 4 is 17.4 Å². The Hall–Kier alpha value is -2.43. The Labute approximate surface area is 116 Å². The van der Waals surface area contributed by atoms with Crippen LogP contribution in [0, 0.1) is 5.82 Å². The van der Waals surface area contributed by atoms with Gasteiger partial charge in [0.15, 0.2) is 0 Å². The highest BCUT2D eigenvalue weighted by molar-refractivity contribution is 6.04. The second-order valence-corrected chi connectivity index (χ2v) is 4.82. The number of hydrogen-bond donors (Lipinski definition) is 2. The number of nitrogens with zero attached hydrogens (tertiary/aromatic N) is 1. The minimum Gasteiger partial charge on any atom is -0.384 e. The molecule has 0 aliphatic rings. The molecular weight excluding hydrogens is 257 g/mol. The van der Waals surface area contributed by atoms with E-state index in [0.717, 1.165) is 5.69 Å². The summed E-state index contributed by atoms with van der Waals surface area (Å²) in [6, 6.07) is 8.80. The molecule has 0 saturated carbocycles. The molecule has 0 radical (unpaired) electrons. The molecule has 0 saturated heterocycles. The van der Waals surface area contributed by atoms with E-state index >= 15 is 0 Å². The van der Waals surface area contributed by atoms with Gasteiger partial charge in [0, 0.05) is 16.9 Å². The number of aromatic nitrogens is 1. The van der Waals surface area contributed by atoms with E-state index in [0.29, 0.717) is 17.1 Å². The number of halogens is 1. The van der Waals surface area contributed by atoms with Gasteiger partial charge >= 0.3 is 0 Å². The second kappa shape index (κ2) is 5.69. The van der Waals surface area contributed by atoms with Gasteiger partial charge in [-0.3, -0.25) is 4.79 Å². The highest BCUT2D eigenvalue weighted by Crippen LogP contribution is 2.17. The van der Waals surface area contributed by atoms with Crippen LogP contribution in [-0.4, -0.2) is 10.9 Å². The van der Waals surface area contributed by atoms with Crippen LogP contribution in [0.25, 0.3) is 0 Å². The predicted octanol–water partition coefficient (Wildman–Crippen LogP) is 3.18. The van der Waals surface area contributed by atoms with Crippen LogP contribution in [0.1, 0.15) is 35.8 Å². The van der Waals surface area contributed by atoms with Crippen molar-refractivity contribution in [1.82, 2.24) is 4.98 Å². The van der Waals surface area contributed by atoms with Gasteiger partial charge in [0.25, 0.3) is 5.91 Å². The van der Waals surface area contributed by atoms with Gasteiger partial charge in [-0.1, -0.05) is 13.8 Å². The number of carbonyl (C=O) groups excluding carboxylic acids is 1. The molecule has 5 heteroatoms. The molecule has 1 aromatic carbocycles. The molecule has 0 aliphatic heterocycles. The van der Waals surface area contributed by atoms with Gasteiger partial charge in [-0.2, -0.15) is 0 Å². The average molecular weight is 273 g/mol. The number of rotatable bonds is 3. The molecule has 0 fully saturated rings. The second-order valence-electron chi connectivity index (χ2n) is 4.82. The van der Waals surface area contributed by atoms with Crippen LogP contribution < -0.4 is 11.1 Å². The number of amides is 1. The molecule has 0 aliphatic carbocycles. The largest absolute Gasteiger partial charge is 0.384 e. The smallest absolute Gasteiger partial charge is 0.255 e. The number of nitrogens with one attached hydrogen (secondary N) is 1. The number of anilines is 2. The molecule has 2 aromatic rings. The third kappa shape index (κ3) is 3.32. The van der Waals surface area contributed by atoms with Crippen molar-refractivity contribution in [2.24, 2.45) is 0 Å². The SMILES string of the molecule is CC(C)c1cc(C(=O)Nc2ccc(F)cc2)cc(N)n1. The van der Waals surface area contributed by atoms with Gasteiger partial charge in [0.05, 0.1) is 0 Å². The summed E-state index contributed by atoms with van der Waals surface area (Å²) >= 11 is 0. The fourth-order valence-corrected chi connectivity index (χ4v) is 1.74. The van der Waals surface area contributed by atoms with Crippen LogP contribution in [0.5, 0.6) is 0 Å². The first kappa shape index (κ1) is 14.0. The van der Waals surface area contributed by atoms with E-state index in [4.69, 9.17) is 5.73 Å². The molecule has 0 unspecified atom stereocenters. The van der Waals surface area contributed by atoms with E-state index in [1.54, 1.807) is 6.07 Å². The lowest BCUT2D eigenvalue weighted by Crippen LogP contribution is -2.13. The Bertz CT molecular complexity index is 624. The van der Waals surface area contributed by atoms with E-state index in [1.165, 1.54) is 30.3 Å². The van der Waals surface area contributed by atoms with Gasteiger partial charge < -0.3 is 11.1 Å². The lowest BCUT2D eigenvalue weighted by atomic mass is 10.1. The first-order valence-electron chi connectivity index (χ1n) is 6.30. The van der Waals surface area contributed by atoms with Crippen molar-refractivity contribution in [2.45, 2.75) is 19.8 Å². The van der Waals surface area contributed by atoms with Crippen molar-refractivity contribution in [3.05, 3.63) is 53.5 Å². The lowest BCUT2D eigenvalue weighted by Gasteiger charge is -2.09. The molecule has 0 spiro atoms. The van der Waals surface area contributed by atoms with E-state index < -0.39 is 0 Å². The standard InChI is InChI=1S/C15H16FN3O/c1-9(2)13-7-10(8-14(17)19-13)15(20)18-12-5-3-11(16)4-6-12/h3-9H,1-2H3,(H2,17,19)(H,18,20). The number of hydrogen-bond acceptors (Lipinski definition) is 3. The molecule has 1 heterocycles. The van der Waals surface area contributed by atoms with Crippen LogP contribution in [0.15, 0.2) is 36.4 Å². The minimum atomic E-state index is -0.349. The summed E-state index contributed by atoms with van der Waals surface area (Å²) in [5.74, 6) is -0.165. The lowest BCUT2D eigenvalue weighted by molar-refractivity contribution is 0.102. The van der Waals surface area contributed by atoms with Crippen LogP contribution in [-0.2, 0) is 0 Å². The number of nitrogens with two attached hydrogens (primary N) is 1. The van der Waals surface area contributed by atoms with Gasteiger partial charge in [0.2, 0.25) is 0 Å². The Morgan fingerprint density at radius 1 is 1.25 bits per heavy atom. The summed E-state index contributed by atoms with van der Waals surface area (Å²) in [7, 11) is 0. The van der Waals surface area contributed by atoms with Crippen LogP contribution in [0.4, 0.5) is 15.9 Å². The quantitative estimate of drug-likeness (QED) is 0.902. The number of pyridine rings is 1. The molecule has 3 N–H and O–H groups in total. The van der Waals surface area contributed by atoms with Gasteiger partial charge in [-0.15, -0.1) is 0 Å².